The van der Waals surface area contributed by atoms with Crippen LogP contribution in [0.3, 0.4) is 0 Å². The average Bonchev–Trinajstić information content (AvgIpc) is 2.55. The fraction of sp³-hybridized carbons (Fsp3) is 0.235. The second-order valence-electron chi connectivity index (χ2n) is 4.95. The van der Waals surface area contributed by atoms with Crippen LogP contribution in [0.4, 0.5) is 4.39 Å². The summed E-state index contributed by atoms with van der Waals surface area (Å²) in [5.74, 6) is 0.0821. The van der Waals surface area contributed by atoms with Gasteiger partial charge in [-0.1, -0.05) is 29.8 Å². The molecule has 0 heterocycles. The summed E-state index contributed by atoms with van der Waals surface area (Å²) in [5.41, 5.74) is 0.779. The Kier molecular flexibility index (Phi) is 5.45. The molecular formula is C17H17ClFNO3. The zero-order valence-corrected chi connectivity index (χ0v) is 13.9. The minimum atomic E-state index is -0.350. The van der Waals surface area contributed by atoms with Crippen molar-refractivity contribution in [1.29, 1.82) is 0 Å². The molecule has 1 amide bonds. The molecule has 0 aliphatic rings. The Hall–Kier alpha value is -2.27. The third kappa shape index (κ3) is 3.74. The van der Waals surface area contributed by atoms with Gasteiger partial charge in [0.2, 0.25) is 0 Å². The van der Waals surface area contributed by atoms with Crippen LogP contribution >= 0.6 is 11.6 Å². The van der Waals surface area contributed by atoms with Crippen LogP contribution in [-0.4, -0.2) is 32.1 Å². The van der Waals surface area contributed by atoms with Crippen molar-refractivity contribution < 1.29 is 18.7 Å². The first-order valence-electron chi connectivity index (χ1n) is 6.88. The van der Waals surface area contributed by atoms with E-state index >= 15 is 0 Å². The summed E-state index contributed by atoms with van der Waals surface area (Å²) >= 11 is 6.11. The van der Waals surface area contributed by atoms with E-state index in [1.54, 1.807) is 31.3 Å². The van der Waals surface area contributed by atoms with Crippen LogP contribution in [0, 0.1) is 5.82 Å². The smallest absolute Gasteiger partial charge is 0.254 e. The van der Waals surface area contributed by atoms with Gasteiger partial charge in [-0.3, -0.25) is 4.79 Å². The molecule has 122 valence electrons. The lowest BCUT2D eigenvalue weighted by Gasteiger charge is -2.19. The van der Waals surface area contributed by atoms with Crippen molar-refractivity contribution in [3.05, 3.63) is 58.4 Å². The van der Waals surface area contributed by atoms with Crippen LogP contribution < -0.4 is 9.47 Å². The van der Waals surface area contributed by atoms with Crippen molar-refractivity contribution in [3.63, 3.8) is 0 Å². The molecule has 0 aliphatic carbocycles. The number of amides is 1. The monoisotopic (exact) mass is 337 g/mol. The SMILES string of the molecule is COc1cc(C(=O)N(C)Cc2ccccc2F)cc(Cl)c1OC. The van der Waals surface area contributed by atoms with Gasteiger partial charge < -0.3 is 14.4 Å². The highest BCUT2D eigenvalue weighted by Gasteiger charge is 2.18. The van der Waals surface area contributed by atoms with E-state index in [0.29, 0.717) is 22.6 Å². The first-order chi connectivity index (χ1) is 11.0. The maximum Gasteiger partial charge on any atom is 0.254 e. The van der Waals surface area contributed by atoms with Crippen molar-refractivity contribution in [3.8, 4) is 11.5 Å². The van der Waals surface area contributed by atoms with Crippen LogP contribution in [0.1, 0.15) is 15.9 Å². The quantitative estimate of drug-likeness (QED) is 0.833. The summed E-state index contributed by atoms with van der Waals surface area (Å²) in [4.78, 5) is 13.9. The Balaban J connectivity index is 2.26. The Morgan fingerprint density at radius 2 is 1.91 bits per heavy atom. The number of benzene rings is 2. The van der Waals surface area contributed by atoms with E-state index in [1.807, 2.05) is 0 Å². The second-order valence-corrected chi connectivity index (χ2v) is 5.35. The number of nitrogens with zero attached hydrogens (tertiary/aromatic N) is 1. The number of ether oxygens (including phenoxy) is 2. The number of hydrogen-bond donors (Lipinski definition) is 0. The highest BCUT2D eigenvalue weighted by Crippen LogP contribution is 2.36. The fourth-order valence-electron chi connectivity index (χ4n) is 2.22. The molecule has 4 nitrogen and oxygen atoms in total. The Labute approximate surface area is 139 Å². The van der Waals surface area contributed by atoms with Crippen molar-refractivity contribution in [2.24, 2.45) is 0 Å². The van der Waals surface area contributed by atoms with Gasteiger partial charge in [0.15, 0.2) is 11.5 Å². The Morgan fingerprint density at radius 1 is 1.22 bits per heavy atom. The second kappa shape index (κ2) is 7.33. The molecule has 2 aromatic carbocycles. The van der Waals surface area contributed by atoms with Crippen LogP contribution in [0.25, 0.3) is 0 Å². The van der Waals surface area contributed by atoms with Gasteiger partial charge in [0.05, 0.1) is 19.2 Å². The summed E-state index contributed by atoms with van der Waals surface area (Å²) in [5, 5.41) is 0.273. The number of rotatable bonds is 5. The highest BCUT2D eigenvalue weighted by atomic mass is 35.5. The van der Waals surface area contributed by atoms with Gasteiger partial charge in [-0.2, -0.15) is 0 Å². The maximum atomic E-state index is 13.7. The molecule has 0 saturated carbocycles. The topological polar surface area (TPSA) is 38.8 Å². The third-order valence-electron chi connectivity index (χ3n) is 3.39. The molecule has 0 N–H and O–H groups in total. The summed E-state index contributed by atoms with van der Waals surface area (Å²) < 4.78 is 24.0. The van der Waals surface area contributed by atoms with E-state index in [-0.39, 0.29) is 23.3 Å². The van der Waals surface area contributed by atoms with E-state index in [4.69, 9.17) is 21.1 Å². The predicted molar refractivity (Wildman–Crippen MR) is 86.8 cm³/mol. The lowest BCUT2D eigenvalue weighted by atomic mass is 10.1. The van der Waals surface area contributed by atoms with Gasteiger partial charge in [0.1, 0.15) is 5.82 Å². The standard InChI is InChI=1S/C17H17ClFNO3/c1-20(10-11-6-4-5-7-14(11)19)17(21)12-8-13(18)16(23-3)15(9-12)22-2/h4-9H,10H2,1-3H3. The van der Waals surface area contributed by atoms with E-state index in [1.165, 1.54) is 31.3 Å². The lowest BCUT2D eigenvalue weighted by Crippen LogP contribution is -2.26. The minimum absolute atomic E-state index is 0.150. The Bertz CT molecular complexity index is 721. The lowest BCUT2D eigenvalue weighted by molar-refractivity contribution is 0.0783. The largest absolute Gasteiger partial charge is 0.493 e. The van der Waals surface area contributed by atoms with Gasteiger partial charge in [-0.15, -0.1) is 0 Å². The summed E-state index contributed by atoms with van der Waals surface area (Å²) in [6.45, 7) is 0.150. The third-order valence-corrected chi connectivity index (χ3v) is 3.67. The van der Waals surface area contributed by atoms with Gasteiger partial charge in [0.25, 0.3) is 5.91 Å². The zero-order chi connectivity index (χ0) is 17.0. The van der Waals surface area contributed by atoms with E-state index < -0.39 is 0 Å². The molecule has 0 aromatic heterocycles. The normalized spacial score (nSPS) is 10.3. The molecular weight excluding hydrogens is 321 g/mol. The predicted octanol–water partition coefficient (Wildman–Crippen LogP) is 3.77. The van der Waals surface area contributed by atoms with Crippen LogP contribution in [0.15, 0.2) is 36.4 Å². The molecule has 0 saturated heterocycles. The van der Waals surface area contributed by atoms with Gasteiger partial charge >= 0.3 is 0 Å². The Morgan fingerprint density at radius 3 is 2.52 bits per heavy atom. The molecule has 0 aliphatic heterocycles. The van der Waals surface area contributed by atoms with Gasteiger partial charge in [0, 0.05) is 24.7 Å². The number of methoxy groups -OCH3 is 2. The van der Waals surface area contributed by atoms with E-state index in [2.05, 4.69) is 0 Å². The van der Waals surface area contributed by atoms with Gasteiger partial charge in [-0.05, 0) is 18.2 Å². The fourth-order valence-corrected chi connectivity index (χ4v) is 2.50. The highest BCUT2D eigenvalue weighted by molar-refractivity contribution is 6.32. The maximum absolute atomic E-state index is 13.7. The molecule has 0 unspecified atom stereocenters. The number of carbonyl (C=O) groups is 1. The van der Waals surface area contributed by atoms with Crippen molar-refractivity contribution in [1.82, 2.24) is 4.90 Å². The number of carbonyl (C=O) groups excluding carboxylic acids is 1. The van der Waals surface area contributed by atoms with Crippen LogP contribution in [0.5, 0.6) is 11.5 Å². The molecule has 2 aromatic rings. The van der Waals surface area contributed by atoms with Crippen LogP contribution in [-0.2, 0) is 6.54 Å². The summed E-state index contributed by atoms with van der Waals surface area (Å²) in [6, 6.07) is 9.38. The molecule has 0 radical (unpaired) electrons. The molecule has 0 fully saturated rings. The van der Waals surface area contributed by atoms with Gasteiger partial charge in [-0.25, -0.2) is 4.39 Å². The summed E-state index contributed by atoms with van der Waals surface area (Å²) in [7, 11) is 4.53. The molecule has 0 atom stereocenters. The van der Waals surface area contributed by atoms with Crippen molar-refractivity contribution in [2.45, 2.75) is 6.54 Å². The molecule has 2 rings (SSSR count). The minimum Gasteiger partial charge on any atom is -0.493 e. The molecule has 0 spiro atoms. The van der Waals surface area contributed by atoms with Crippen molar-refractivity contribution in [2.75, 3.05) is 21.3 Å². The summed E-state index contributed by atoms with van der Waals surface area (Å²) in [6.07, 6.45) is 0. The van der Waals surface area contributed by atoms with E-state index in [0.717, 1.165) is 0 Å². The first kappa shape index (κ1) is 17.1. The first-order valence-corrected chi connectivity index (χ1v) is 7.26. The number of hydrogen-bond acceptors (Lipinski definition) is 3. The molecule has 23 heavy (non-hydrogen) atoms. The molecule has 6 heteroatoms. The zero-order valence-electron chi connectivity index (χ0n) is 13.1. The average molecular weight is 338 g/mol. The number of halogens is 2. The van der Waals surface area contributed by atoms with Crippen molar-refractivity contribution >= 4 is 17.5 Å². The van der Waals surface area contributed by atoms with Crippen LogP contribution in [0.2, 0.25) is 5.02 Å². The molecule has 0 bridgehead atoms. The van der Waals surface area contributed by atoms with E-state index in [9.17, 15) is 9.18 Å².